The second kappa shape index (κ2) is 6.28. The maximum absolute atomic E-state index is 5.50. The first-order valence-electron chi connectivity index (χ1n) is 10.0. The summed E-state index contributed by atoms with van der Waals surface area (Å²) >= 11 is 0. The zero-order valence-electron chi connectivity index (χ0n) is 15.8. The Morgan fingerprint density at radius 3 is 2.73 bits per heavy atom. The van der Waals surface area contributed by atoms with Crippen LogP contribution in [0.5, 0.6) is 0 Å². The normalized spacial score (nSPS) is 25.4. The highest BCUT2D eigenvalue weighted by atomic mass is 16.5. The molecule has 2 aromatic carbocycles. The maximum Gasteiger partial charge on any atom is 0.0642 e. The van der Waals surface area contributed by atoms with E-state index >= 15 is 0 Å². The molecule has 0 N–H and O–H groups in total. The molecule has 0 aromatic heterocycles. The van der Waals surface area contributed by atoms with E-state index in [1.54, 1.807) is 11.1 Å². The summed E-state index contributed by atoms with van der Waals surface area (Å²) in [5.41, 5.74) is 7.40. The van der Waals surface area contributed by atoms with Gasteiger partial charge in [0, 0.05) is 18.8 Å². The Labute approximate surface area is 156 Å². The summed E-state index contributed by atoms with van der Waals surface area (Å²) in [7, 11) is 0. The molecule has 1 saturated heterocycles. The van der Waals surface area contributed by atoms with Gasteiger partial charge >= 0.3 is 0 Å². The molecule has 1 heterocycles. The number of hydrogen-bond acceptors (Lipinski definition) is 2. The number of ether oxygens (including phenoxy) is 1. The molecule has 3 aliphatic rings. The second-order valence-electron chi connectivity index (χ2n) is 8.15. The largest absolute Gasteiger partial charge is 0.378 e. The first-order valence-corrected chi connectivity index (χ1v) is 10.0. The number of benzene rings is 2. The van der Waals surface area contributed by atoms with Gasteiger partial charge < -0.3 is 9.64 Å². The quantitative estimate of drug-likeness (QED) is 0.703. The number of fused-ring (bicyclic) bond motifs is 5. The highest BCUT2D eigenvalue weighted by molar-refractivity contribution is 5.96. The van der Waals surface area contributed by atoms with E-state index in [4.69, 9.17) is 4.74 Å². The minimum Gasteiger partial charge on any atom is -0.378 e. The molecular formula is C24H27NO. The lowest BCUT2D eigenvalue weighted by atomic mass is 9.72. The van der Waals surface area contributed by atoms with Crippen LogP contribution < -0.4 is 4.90 Å². The molecule has 2 aliphatic carbocycles. The first-order chi connectivity index (χ1) is 12.7. The molecule has 5 rings (SSSR count). The van der Waals surface area contributed by atoms with E-state index in [-0.39, 0.29) is 0 Å². The number of anilines is 1. The van der Waals surface area contributed by atoms with Crippen LogP contribution in [0.15, 0.2) is 48.1 Å². The third-order valence-corrected chi connectivity index (χ3v) is 6.29. The van der Waals surface area contributed by atoms with Gasteiger partial charge in [-0.3, -0.25) is 0 Å². The maximum atomic E-state index is 5.50. The Kier molecular flexibility index (Phi) is 3.90. The Balaban J connectivity index is 1.60. The summed E-state index contributed by atoms with van der Waals surface area (Å²) in [6, 6.07) is 11.7. The Morgan fingerprint density at radius 2 is 1.88 bits per heavy atom. The van der Waals surface area contributed by atoms with E-state index in [1.165, 1.54) is 34.0 Å². The van der Waals surface area contributed by atoms with Gasteiger partial charge in [-0.1, -0.05) is 44.2 Å². The fourth-order valence-corrected chi connectivity index (χ4v) is 4.87. The van der Waals surface area contributed by atoms with Crippen LogP contribution in [0, 0.1) is 11.8 Å². The molecule has 0 amide bonds. The molecule has 0 saturated carbocycles. The van der Waals surface area contributed by atoms with Crippen LogP contribution in [0.2, 0.25) is 0 Å². The van der Waals surface area contributed by atoms with Crippen molar-refractivity contribution in [2.75, 3.05) is 31.2 Å². The van der Waals surface area contributed by atoms with Crippen LogP contribution in [0.4, 0.5) is 5.69 Å². The summed E-state index contributed by atoms with van der Waals surface area (Å²) in [4.78, 5) is 2.44. The third-order valence-electron chi connectivity index (χ3n) is 6.29. The van der Waals surface area contributed by atoms with Crippen molar-refractivity contribution in [1.82, 2.24) is 0 Å². The number of nitrogens with zero attached hydrogens (tertiary/aromatic N) is 1. The first kappa shape index (κ1) is 16.1. The molecule has 26 heavy (non-hydrogen) atoms. The molecule has 2 nitrogen and oxygen atoms in total. The molecule has 134 valence electrons. The van der Waals surface area contributed by atoms with Crippen molar-refractivity contribution in [3.63, 3.8) is 0 Å². The summed E-state index contributed by atoms with van der Waals surface area (Å²) in [6.45, 7) is 8.37. The number of allylic oxidation sites excluding steroid dienone is 4. The summed E-state index contributed by atoms with van der Waals surface area (Å²) in [6.07, 6.45) is 7.30. The number of morpholine rings is 1. The van der Waals surface area contributed by atoms with E-state index in [9.17, 15) is 0 Å². The topological polar surface area (TPSA) is 12.5 Å². The van der Waals surface area contributed by atoms with Crippen LogP contribution in [0.3, 0.4) is 0 Å². The van der Waals surface area contributed by atoms with Gasteiger partial charge in [0.25, 0.3) is 0 Å². The summed E-state index contributed by atoms with van der Waals surface area (Å²) in [5, 5.41) is 2.81. The van der Waals surface area contributed by atoms with Gasteiger partial charge in [0.05, 0.1) is 13.2 Å². The van der Waals surface area contributed by atoms with Gasteiger partial charge in [-0.15, -0.1) is 0 Å². The molecule has 1 fully saturated rings. The molecule has 0 spiro atoms. The number of rotatable bonds is 1. The zero-order chi connectivity index (χ0) is 17.7. The minimum absolute atomic E-state index is 0.612. The fraction of sp³-hybridized carbons (Fsp3) is 0.417. The van der Waals surface area contributed by atoms with Crippen LogP contribution in [-0.4, -0.2) is 26.3 Å². The Morgan fingerprint density at radius 1 is 1.04 bits per heavy atom. The highest BCUT2D eigenvalue weighted by Crippen LogP contribution is 2.44. The lowest BCUT2D eigenvalue weighted by molar-refractivity contribution is 0.122. The van der Waals surface area contributed by atoms with Crippen molar-refractivity contribution < 1.29 is 4.74 Å². The van der Waals surface area contributed by atoms with Crippen molar-refractivity contribution >= 4 is 22.0 Å². The van der Waals surface area contributed by atoms with Gasteiger partial charge in [-0.05, 0) is 69.9 Å². The van der Waals surface area contributed by atoms with Crippen molar-refractivity contribution in [3.8, 4) is 0 Å². The number of hydrogen-bond donors (Lipinski definition) is 0. The highest BCUT2D eigenvalue weighted by Gasteiger charge is 2.28. The summed E-state index contributed by atoms with van der Waals surface area (Å²) < 4.78 is 5.50. The molecule has 1 aliphatic heterocycles. The Hall–Kier alpha value is -2.06. The predicted molar refractivity (Wildman–Crippen MR) is 110 cm³/mol. The standard InChI is InChI=1S/C24H27NO/c1-16-3-6-21-22-7-4-18-15-19(25-9-11-26-12-10-25)5-8-20(18)24(22)14-17(2)23(21)13-16/h4-8,13,15-17H,3,9-12,14H2,1-2H3. The van der Waals surface area contributed by atoms with Crippen molar-refractivity contribution in [2.24, 2.45) is 11.8 Å². The third kappa shape index (κ3) is 2.59. The molecule has 0 radical (unpaired) electrons. The predicted octanol–water partition coefficient (Wildman–Crippen LogP) is 5.22. The summed E-state index contributed by atoms with van der Waals surface area (Å²) in [5.74, 6) is 1.29. The van der Waals surface area contributed by atoms with Gasteiger partial charge in [-0.25, -0.2) is 0 Å². The van der Waals surface area contributed by atoms with Crippen molar-refractivity contribution in [3.05, 3.63) is 59.2 Å². The average molecular weight is 345 g/mol. The van der Waals surface area contributed by atoms with E-state index in [0.29, 0.717) is 11.8 Å². The molecule has 2 heteroatoms. The van der Waals surface area contributed by atoms with E-state index in [0.717, 1.165) is 32.7 Å². The lowest BCUT2D eigenvalue weighted by Crippen LogP contribution is -2.36. The van der Waals surface area contributed by atoms with Crippen LogP contribution >= 0.6 is 0 Å². The SMILES string of the molecule is CC1C=C2C(=CC1)c1ccc3cc(N4CCOCC4)ccc3c1CC2C. The van der Waals surface area contributed by atoms with Gasteiger partial charge in [-0.2, -0.15) is 0 Å². The van der Waals surface area contributed by atoms with Gasteiger partial charge in [0.1, 0.15) is 0 Å². The fourth-order valence-electron chi connectivity index (χ4n) is 4.87. The zero-order valence-corrected chi connectivity index (χ0v) is 15.8. The van der Waals surface area contributed by atoms with Crippen LogP contribution in [0.1, 0.15) is 31.4 Å². The lowest BCUT2D eigenvalue weighted by Gasteiger charge is -2.33. The van der Waals surface area contributed by atoms with E-state index < -0.39 is 0 Å². The van der Waals surface area contributed by atoms with Crippen molar-refractivity contribution in [2.45, 2.75) is 26.7 Å². The van der Waals surface area contributed by atoms with Gasteiger partial charge in [0.15, 0.2) is 0 Å². The smallest absolute Gasteiger partial charge is 0.0642 e. The van der Waals surface area contributed by atoms with Crippen LogP contribution in [-0.2, 0) is 11.2 Å². The van der Waals surface area contributed by atoms with Gasteiger partial charge in [0.2, 0.25) is 0 Å². The Bertz CT molecular complexity index is 917. The van der Waals surface area contributed by atoms with Crippen molar-refractivity contribution in [1.29, 1.82) is 0 Å². The monoisotopic (exact) mass is 345 g/mol. The molecular weight excluding hydrogens is 318 g/mol. The molecule has 2 atom stereocenters. The van der Waals surface area contributed by atoms with Crippen LogP contribution in [0.25, 0.3) is 16.3 Å². The minimum atomic E-state index is 0.612. The van der Waals surface area contributed by atoms with E-state index in [2.05, 4.69) is 61.2 Å². The average Bonchev–Trinajstić information content (AvgIpc) is 2.68. The second-order valence-corrected chi connectivity index (χ2v) is 8.15. The van der Waals surface area contributed by atoms with E-state index in [1.807, 2.05) is 0 Å². The molecule has 2 unspecified atom stereocenters. The molecule has 2 aromatic rings. The molecule has 0 bridgehead atoms.